The topological polar surface area (TPSA) is 95.9 Å². The molecule has 3 aromatic carbocycles. The minimum absolute atomic E-state index is 0.0356. The van der Waals surface area contributed by atoms with Crippen molar-refractivity contribution in [2.75, 3.05) is 19.5 Å². The zero-order chi connectivity index (χ0) is 25.1. The maximum absolute atomic E-state index is 12.6. The fourth-order valence-corrected chi connectivity index (χ4v) is 3.53. The molecule has 0 saturated carbocycles. The lowest BCUT2D eigenvalue weighted by molar-refractivity contribution is 0.0922. The Kier molecular flexibility index (Phi) is 10.3. The molecule has 0 spiro atoms. The number of carbonyl (C=O) groups excluding carboxylic acids is 2. The van der Waals surface area contributed by atoms with Crippen LogP contribution in [0.1, 0.15) is 53.8 Å². The molecule has 1 amide bonds. The third-order valence-corrected chi connectivity index (χ3v) is 5.47. The van der Waals surface area contributed by atoms with Gasteiger partial charge < -0.3 is 20.3 Å². The van der Waals surface area contributed by atoms with E-state index in [4.69, 9.17) is 9.84 Å². The van der Waals surface area contributed by atoms with Gasteiger partial charge in [-0.1, -0.05) is 63.1 Å². The number of benzene rings is 3. The van der Waals surface area contributed by atoms with Crippen molar-refractivity contribution in [1.82, 2.24) is 0 Å². The second kappa shape index (κ2) is 13.2. The summed E-state index contributed by atoms with van der Waals surface area (Å²) in [5.41, 5.74) is 3.66. The summed E-state index contributed by atoms with van der Waals surface area (Å²) in [4.78, 5) is 25.1. The first-order valence-corrected chi connectivity index (χ1v) is 11.3. The van der Waals surface area contributed by atoms with Crippen LogP contribution < -0.4 is 10.1 Å². The lowest BCUT2D eigenvalue weighted by Gasteiger charge is -2.11. The number of aliphatic hydroxyl groups excluding tert-OH is 1. The second-order valence-corrected chi connectivity index (χ2v) is 7.94. The van der Waals surface area contributed by atoms with Gasteiger partial charge in [-0.15, -0.1) is 0 Å². The minimum Gasteiger partial charge on any atom is -0.508 e. The number of Topliss-reactive ketones (excluding diaryl/α,β-unsaturated/α-hetero) is 1. The van der Waals surface area contributed by atoms with Crippen LogP contribution in [-0.2, 0) is 0 Å². The quantitative estimate of drug-likeness (QED) is 0.342. The van der Waals surface area contributed by atoms with Crippen molar-refractivity contribution in [3.05, 3.63) is 77.9 Å². The zero-order valence-corrected chi connectivity index (χ0v) is 20.2. The molecule has 3 aromatic rings. The number of hydrogen-bond acceptors (Lipinski definition) is 5. The second-order valence-electron chi connectivity index (χ2n) is 7.94. The van der Waals surface area contributed by atoms with Gasteiger partial charge in [0.2, 0.25) is 0 Å². The maximum Gasteiger partial charge on any atom is 0.255 e. The molecule has 34 heavy (non-hydrogen) atoms. The number of carbonyl (C=O) groups is 2. The molecule has 1 unspecified atom stereocenters. The number of amides is 1. The standard InChI is InChI=1S/C27H29NO4.CH4O/c1-4-5-6-18(2)26(30)21-9-7-19(8-10-21)20-11-13-23(14-12-20)28-27(31)22-15-24(29)17-25(16-22)32-3;1-2/h7-18,29H,4-6H2,1-3H3,(H,28,31);2H,1H3. The van der Waals surface area contributed by atoms with Gasteiger partial charge in [0.25, 0.3) is 5.91 Å². The molecule has 0 aliphatic rings. The van der Waals surface area contributed by atoms with Gasteiger partial charge in [-0.2, -0.15) is 0 Å². The van der Waals surface area contributed by atoms with Crippen LogP contribution in [0.15, 0.2) is 66.7 Å². The lowest BCUT2D eigenvalue weighted by Crippen LogP contribution is -2.11. The summed E-state index contributed by atoms with van der Waals surface area (Å²) in [5.74, 6) is 0.257. The molecule has 0 aliphatic heterocycles. The molecule has 0 aromatic heterocycles. The van der Waals surface area contributed by atoms with Gasteiger partial charge in [0.1, 0.15) is 11.5 Å². The summed E-state index contributed by atoms with van der Waals surface area (Å²) in [6.45, 7) is 4.12. The molecule has 6 heteroatoms. The summed E-state index contributed by atoms with van der Waals surface area (Å²) in [7, 11) is 2.48. The normalized spacial score (nSPS) is 11.1. The van der Waals surface area contributed by atoms with Crippen molar-refractivity contribution in [2.45, 2.75) is 33.1 Å². The van der Waals surface area contributed by atoms with E-state index in [-0.39, 0.29) is 23.4 Å². The number of phenolic OH excluding ortho intramolecular Hbond substituents is 1. The van der Waals surface area contributed by atoms with Gasteiger partial charge in [0.15, 0.2) is 5.78 Å². The predicted octanol–water partition coefficient (Wildman–Crippen LogP) is 5.94. The monoisotopic (exact) mass is 463 g/mol. The van der Waals surface area contributed by atoms with Gasteiger partial charge in [-0.25, -0.2) is 0 Å². The number of unbranched alkanes of at least 4 members (excludes halogenated alkanes) is 1. The van der Waals surface area contributed by atoms with Crippen LogP contribution in [0.4, 0.5) is 5.69 Å². The first-order chi connectivity index (χ1) is 16.4. The van der Waals surface area contributed by atoms with E-state index in [0.29, 0.717) is 17.0 Å². The lowest BCUT2D eigenvalue weighted by atomic mass is 9.93. The van der Waals surface area contributed by atoms with Crippen molar-refractivity contribution in [3.8, 4) is 22.6 Å². The zero-order valence-electron chi connectivity index (χ0n) is 20.2. The number of aromatic hydroxyl groups is 1. The van der Waals surface area contributed by atoms with Crippen molar-refractivity contribution >= 4 is 17.4 Å². The van der Waals surface area contributed by atoms with E-state index < -0.39 is 0 Å². The maximum atomic E-state index is 12.6. The molecular weight excluding hydrogens is 430 g/mol. The Bertz CT molecular complexity index is 1070. The molecule has 3 rings (SSSR count). The number of ether oxygens (including phenoxy) is 1. The van der Waals surface area contributed by atoms with E-state index in [1.807, 2.05) is 55.5 Å². The average Bonchev–Trinajstić information content (AvgIpc) is 2.88. The number of methoxy groups -OCH3 is 1. The Morgan fingerprint density at radius 3 is 2.06 bits per heavy atom. The van der Waals surface area contributed by atoms with E-state index in [2.05, 4.69) is 12.2 Å². The van der Waals surface area contributed by atoms with Crippen LogP contribution in [0, 0.1) is 5.92 Å². The van der Waals surface area contributed by atoms with Crippen molar-refractivity contribution in [2.24, 2.45) is 5.92 Å². The highest BCUT2D eigenvalue weighted by Crippen LogP contribution is 2.25. The van der Waals surface area contributed by atoms with Crippen LogP contribution in [-0.4, -0.2) is 36.1 Å². The highest BCUT2D eigenvalue weighted by molar-refractivity contribution is 6.05. The summed E-state index contributed by atoms with van der Waals surface area (Å²) in [6, 6.07) is 19.5. The molecule has 0 radical (unpaired) electrons. The largest absolute Gasteiger partial charge is 0.508 e. The molecule has 0 aliphatic carbocycles. The Hall–Kier alpha value is -3.64. The predicted molar refractivity (Wildman–Crippen MR) is 136 cm³/mol. The number of phenols is 1. The highest BCUT2D eigenvalue weighted by atomic mass is 16.5. The van der Waals surface area contributed by atoms with E-state index in [1.54, 1.807) is 6.07 Å². The van der Waals surface area contributed by atoms with Gasteiger partial charge in [-0.3, -0.25) is 9.59 Å². The number of anilines is 1. The summed E-state index contributed by atoms with van der Waals surface area (Å²) >= 11 is 0. The fraction of sp³-hybridized carbons (Fsp3) is 0.286. The van der Waals surface area contributed by atoms with E-state index in [9.17, 15) is 14.7 Å². The Morgan fingerprint density at radius 1 is 0.912 bits per heavy atom. The molecule has 0 saturated heterocycles. The van der Waals surface area contributed by atoms with Gasteiger partial charge in [-0.05, 0) is 41.8 Å². The Labute approximate surface area is 201 Å². The van der Waals surface area contributed by atoms with E-state index >= 15 is 0 Å². The minimum atomic E-state index is -0.341. The highest BCUT2D eigenvalue weighted by Gasteiger charge is 2.15. The number of ketones is 1. The molecule has 0 bridgehead atoms. The number of nitrogens with one attached hydrogen (secondary N) is 1. The molecule has 180 valence electrons. The average molecular weight is 464 g/mol. The number of hydrogen-bond donors (Lipinski definition) is 3. The molecule has 0 heterocycles. The third kappa shape index (κ3) is 7.18. The number of rotatable bonds is 9. The van der Waals surface area contributed by atoms with Gasteiger partial charge in [0.05, 0.1) is 7.11 Å². The van der Waals surface area contributed by atoms with Crippen LogP contribution >= 0.6 is 0 Å². The summed E-state index contributed by atoms with van der Waals surface area (Å²) in [5, 5.41) is 19.6. The van der Waals surface area contributed by atoms with Crippen LogP contribution in [0.3, 0.4) is 0 Å². The third-order valence-electron chi connectivity index (χ3n) is 5.47. The van der Waals surface area contributed by atoms with Crippen LogP contribution in [0.25, 0.3) is 11.1 Å². The number of aliphatic hydroxyl groups is 1. The summed E-state index contributed by atoms with van der Waals surface area (Å²) < 4.78 is 5.09. The Balaban J connectivity index is 0.00000199. The molecule has 6 nitrogen and oxygen atoms in total. The molecule has 0 fully saturated rings. The molecule has 3 N–H and O–H groups in total. The first kappa shape index (κ1) is 26.6. The van der Waals surface area contributed by atoms with E-state index in [1.165, 1.54) is 19.2 Å². The van der Waals surface area contributed by atoms with Gasteiger partial charge >= 0.3 is 0 Å². The first-order valence-electron chi connectivity index (χ1n) is 11.3. The van der Waals surface area contributed by atoms with Crippen LogP contribution in [0.2, 0.25) is 0 Å². The molecule has 1 atom stereocenters. The van der Waals surface area contributed by atoms with Gasteiger partial charge in [0, 0.05) is 35.9 Å². The smallest absolute Gasteiger partial charge is 0.255 e. The van der Waals surface area contributed by atoms with Crippen molar-refractivity contribution in [1.29, 1.82) is 0 Å². The van der Waals surface area contributed by atoms with E-state index in [0.717, 1.165) is 43.1 Å². The molecular formula is C28H33NO5. The van der Waals surface area contributed by atoms with Crippen molar-refractivity contribution < 1.29 is 24.5 Å². The summed E-state index contributed by atoms with van der Waals surface area (Å²) in [6.07, 6.45) is 3.07. The fourth-order valence-electron chi connectivity index (χ4n) is 3.53. The Morgan fingerprint density at radius 2 is 1.50 bits per heavy atom. The SMILES string of the molecule is CCCCC(C)C(=O)c1ccc(-c2ccc(NC(=O)c3cc(O)cc(OC)c3)cc2)cc1.CO. The van der Waals surface area contributed by atoms with Crippen LogP contribution in [0.5, 0.6) is 11.5 Å². The van der Waals surface area contributed by atoms with Crippen molar-refractivity contribution in [3.63, 3.8) is 0 Å².